The van der Waals surface area contributed by atoms with Crippen molar-refractivity contribution in [3.05, 3.63) is 64.7 Å². The molecule has 0 amide bonds. The molecule has 0 bridgehead atoms. The maximum atomic E-state index is 10.7. The van der Waals surface area contributed by atoms with Crippen molar-refractivity contribution in [3.8, 4) is 5.75 Å². The maximum absolute atomic E-state index is 10.7. The molecular weight excluding hydrogens is 332 g/mol. The SMILES string of the molecule is CCCCCC(CCCOc1ccc(C=O)cc1)Cc1ccc(C)c(C)c1. The van der Waals surface area contributed by atoms with Gasteiger partial charge in [-0.05, 0) is 80.0 Å². The van der Waals surface area contributed by atoms with Crippen LogP contribution in [0.1, 0.15) is 72.5 Å². The standard InChI is InChI=1S/C25H34O2/c1-4-5-6-8-22(18-24-11-10-20(2)21(3)17-24)9-7-16-27-25-14-12-23(19-26)13-15-25/h10-15,17,19,22H,4-9,16,18H2,1-3H3. The van der Waals surface area contributed by atoms with Gasteiger partial charge in [-0.25, -0.2) is 0 Å². The average molecular weight is 367 g/mol. The van der Waals surface area contributed by atoms with E-state index in [4.69, 9.17) is 4.74 Å². The molecule has 0 aliphatic carbocycles. The minimum absolute atomic E-state index is 0.687. The number of hydrogen-bond donors (Lipinski definition) is 0. The fourth-order valence-electron chi connectivity index (χ4n) is 3.50. The first kappa shape index (κ1) is 21.2. The molecule has 0 aromatic heterocycles. The van der Waals surface area contributed by atoms with Crippen LogP contribution in [0.2, 0.25) is 0 Å². The molecule has 0 N–H and O–H groups in total. The highest BCUT2D eigenvalue weighted by atomic mass is 16.5. The Morgan fingerprint density at radius 1 is 0.926 bits per heavy atom. The fraction of sp³-hybridized carbons (Fsp3) is 0.480. The van der Waals surface area contributed by atoms with Gasteiger partial charge in [0.25, 0.3) is 0 Å². The van der Waals surface area contributed by atoms with E-state index in [0.29, 0.717) is 5.56 Å². The third-order valence-electron chi connectivity index (χ3n) is 5.35. The van der Waals surface area contributed by atoms with Crippen LogP contribution in [0.4, 0.5) is 0 Å². The average Bonchev–Trinajstić information content (AvgIpc) is 2.68. The lowest BCUT2D eigenvalue weighted by Crippen LogP contribution is -2.08. The van der Waals surface area contributed by atoms with E-state index in [1.165, 1.54) is 55.2 Å². The first-order chi connectivity index (χ1) is 13.1. The zero-order chi connectivity index (χ0) is 19.5. The third kappa shape index (κ3) is 7.58. The molecule has 0 saturated carbocycles. The van der Waals surface area contributed by atoms with Gasteiger partial charge in [0.15, 0.2) is 0 Å². The highest BCUT2D eigenvalue weighted by molar-refractivity contribution is 5.74. The van der Waals surface area contributed by atoms with E-state index in [9.17, 15) is 4.79 Å². The molecule has 2 aromatic carbocycles. The number of hydrogen-bond acceptors (Lipinski definition) is 2. The van der Waals surface area contributed by atoms with Gasteiger partial charge in [0.2, 0.25) is 0 Å². The molecule has 0 fully saturated rings. The monoisotopic (exact) mass is 366 g/mol. The summed E-state index contributed by atoms with van der Waals surface area (Å²) in [5, 5.41) is 0. The van der Waals surface area contributed by atoms with Crippen LogP contribution in [0.25, 0.3) is 0 Å². The summed E-state index contributed by atoms with van der Waals surface area (Å²) in [5.41, 5.74) is 4.91. The summed E-state index contributed by atoms with van der Waals surface area (Å²) < 4.78 is 5.85. The Hall–Kier alpha value is -2.09. The minimum Gasteiger partial charge on any atom is -0.494 e. The van der Waals surface area contributed by atoms with Crippen LogP contribution in [0, 0.1) is 19.8 Å². The van der Waals surface area contributed by atoms with Crippen molar-refractivity contribution >= 4 is 6.29 Å². The molecule has 1 unspecified atom stereocenters. The van der Waals surface area contributed by atoms with Crippen molar-refractivity contribution in [2.45, 2.75) is 65.7 Å². The van der Waals surface area contributed by atoms with Crippen LogP contribution in [-0.2, 0) is 6.42 Å². The molecule has 0 heterocycles. The second kappa shape index (κ2) is 11.6. The second-order valence-corrected chi connectivity index (χ2v) is 7.66. The molecule has 0 saturated heterocycles. The van der Waals surface area contributed by atoms with Crippen molar-refractivity contribution in [3.63, 3.8) is 0 Å². The topological polar surface area (TPSA) is 26.3 Å². The van der Waals surface area contributed by atoms with E-state index in [1.54, 1.807) is 12.1 Å². The quantitative estimate of drug-likeness (QED) is 0.308. The molecule has 2 rings (SSSR count). The van der Waals surface area contributed by atoms with Gasteiger partial charge in [-0.1, -0.05) is 50.8 Å². The van der Waals surface area contributed by atoms with Crippen LogP contribution in [0.15, 0.2) is 42.5 Å². The third-order valence-corrected chi connectivity index (χ3v) is 5.35. The largest absolute Gasteiger partial charge is 0.494 e. The Balaban J connectivity index is 1.83. The van der Waals surface area contributed by atoms with Gasteiger partial charge < -0.3 is 4.74 Å². The van der Waals surface area contributed by atoms with Crippen LogP contribution >= 0.6 is 0 Å². The van der Waals surface area contributed by atoms with Gasteiger partial charge in [-0.2, -0.15) is 0 Å². The van der Waals surface area contributed by atoms with Crippen molar-refractivity contribution in [2.75, 3.05) is 6.61 Å². The summed E-state index contributed by atoms with van der Waals surface area (Å²) in [7, 11) is 0. The van der Waals surface area contributed by atoms with E-state index in [0.717, 1.165) is 31.0 Å². The predicted octanol–water partition coefficient (Wildman–Crippen LogP) is 6.71. The zero-order valence-corrected chi connectivity index (χ0v) is 17.2. The number of aldehydes is 1. The molecule has 2 heteroatoms. The Morgan fingerprint density at radius 2 is 1.67 bits per heavy atom. The van der Waals surface area contributed by atoms with Crippen molar-refractivity contribution in [2.24, 2.45) is 5.92 Å². The molecule has 27 heavy (non-hydrogen) atoms. The van der Waals surface area contributed by atoms with Crippen molar-refractivity contribution in [1.29, 1.82) is 0 Å². The molecular formula is C25H34O2. The Bertz CT molecular complexity index is 688. The van der Waals surface area contributed by atoms with Crippen molar-refractivity contribution < 1.29 is 9.53 Å². The molecule has 2 nitrogen and oxygen atoms in total. The molecule has 1 atom stereocenters. The zero-order valence-electron chi connectivity index (χ0n) is 17.2. The lowest BCUT2D eigenvalue weighted by Gasteiger charge is -2.18. The van der Waals surface area contributed by atoms with E-state index < -0.39 is 0 Å². The Morgan fingerprint density at radius 3 is 2.33 bits per heavy atom. The van der Waals surface area contributed by atoms with E-state index in [2.05, 4.69) is 39.0 Å². The lowest BCUT2D eigenvalue weighted by atomic mass is 9.89. The van der Waals surface area contributed by atoms with Gasteiger partial charge in [-0.15, -0.1) is 0 Å². The van der Waals surface area contributed by atoms with Crippen LogP contribution in [-0.4, -0.2) is 12.9 Å². The minimum atomic E-state index is 0.687. The number of unbranched alkanes of at least 4 members (excludes halogenated alkanes) is 2. The summed E-state index contributed by atoms with van der Waals surface area (Å²) in [6.45, 7) is 7.38. The van der Waals surface area contributed by atoms with E-state index in [1.807, 2.05) is 12.1 Å². The fourth-order valence-corrected chi connectivity index (χ4v) is 3.50. The number of rotatable bonds is 12. The first-order valence-electron chi connectivity index (χ1n) is 10.4. The number of ether oxygens (including phenoxy) is 1. The highest BCUT2D eigenvalue weighted by Crippen LogP contribution is 2.23. The van der Waals surface area contributed by atoms with Gasteiger partial charge in [-0.3, -0.25) is 4.79 Å². The smallest absolute Gasteiger partial charge is 0.150 e. The van der Waals surface area contributed by atoms with E-state index >= 15 is 0 Å². The molecule has 146 valence electrons. The van der Waals surface area contributed by atoms with Gasteiger partial charge in [0.1, 0.15) is 12.0 Å². The Labute approximate surface area is 165 Å². The molecule has 2 aromatic rings. The molecule has 0 aliphatic heterocycles. The molecule has 0 spiro atoms. The summed E-state index contributed by atoms with van der Waals surface area (Å²) >= 11 is 0. The predicted molar refractivity (Wildman–Crippen MR) is 114 cm³/mol. The van der Waals surface area contributed by atoms with Crippen molar-refractivity contribution in [1.82, 2.24) is 0 Å². The second-order valence-electron chi connectivity index (χ2n) is 7.66. The summed E-state index contributed by atoms with van der Waals surface area (Å²) in [6.07, 6.45) is 9.50. The van der Waals surface area contributed by atoms with Crippen LogP contribution in [0.5, 0.6) is 5.75 Å². The normalized spacial score (nSPS) is 12.0. The summed E-state index contributed by atoms with van der Waals surface area (Å²) in [5.74, 6) is 1.57. The summed E-state index contributed by atoms with van der Waals surface area (Å²) in [4.78, 5) is 10.7. The van der Waals surface area contributed by atoms with E-state index in [-0.39, 0.29) is 0 Å². The highest BCUT2D eigenvalue weighted by Gasteiger charge is 2.11. The Kier molecular flexibility index (Phi) is 9.10. The number of carbonyl (C=O) groups is 1. The number of aryl methyl sites for hydroxylation is 2. The number of benzene rings is 2. The van der Waals surface area contributed by atoms with Gasteiger partial charge >= 0.3 is 0 Å². The number of carbonyl (C=O) groups excluding carboxylic acids is 1. The molecule has 0 radical (unpaired) electrons. The molecule has 0 aliphatic rings. The lowest BCUT2D eigenvalue weighted by molar-refractivity contribution is 0.112. The first-order valence-corrected chi connectivity index (χ1v) is 10.4. The summed E-state index contributed by atoms with van der Waals surface area (Å²) in [6, 6.07) is 14.2. The van der Waals surface area contributed by atoms with Gasteiger partial charge in [0.05, 0.1) is 6.61 Å². The maximum Gasteiger partial charge on any atom is 0.150 e. The van der Waals surface area contributed by atoms with Gasteiger partial charge in [0, 0.05) is 5.56 Å². The van der Waals surface area contributed by atoms with Crippen LogP contribution < -0.4 is 4.74 Å². The van der Waals surface area contributed by atoms with Crippen LogP contribution in [0.3, 0.4) is 0 Å².